The van der Waals surface area contributed by atoms with E-state index in [0.717, 1.165) is 11.1 Å². The van der Waals surface area contributed by atoms with E-state index < -0.39 is 17.2 Å². The van der Waals surface area contributed by atoms with Crippen LogP contribution in [0.15, 0.2) is 60.7 Å². The third-order valence-corrected chi connectivity index (χ3v) is 5.81. The molecule has 2 aromatic rings. The van der Waals surface area contributed by atoms with Gasteiger partial charge in [0, 0.05) is 12.8 Å². The molecule has 0 saturated carbocycles. The second kappa shape index (κ2) is 7.62. The van der Waals surface area contributed by atoms with Crippen LogP contribution >= 0.6 is 0 Å². The van der Waals surface area contributed by atoms with Gasteiger partial charge >= 0.3 is 0 Å². The molecule has 148 valence electrons. The van der Waals surface area contributed by atoms with Crippen LogP contribution in [0.25, 0.3) is 0 Å². The van der Waals surface area contributed by atoms with Gasteiger partial charge in [0.2, 0.25) is 23.6 Å². The van der Waals surface area contributed by atoms with Gasteiger partial charge in [-0.1, -0.05) is 60.7 Å². The summed E-state index contributed by atoms with van der Waals surface area (Å²) in [5.41, 5.74) is 0.323. The summed E-state index contributed by atoms with van der Waals surface area (Å²) in [5, 5.41) is 0. The molecule has 1 spiro atoms. The maximum absolute atomic E-state index is 13.4. The Kier molecular flexibility index (Phi) is 5.01. The first-order valence-corrected chi connectivity index (χ1v) is 9.79. The molecule has 29 heavy (non-hydrogen) atoms. The smallest absolute Gasteiger partial charge is 0.245 e. The van der Waals surface area contributed by atoms with Gasteiger partial charge in [-0.15, -0.1) is 0 Å². The largest absolute Gasteiger partial charge is 0.277 e. The first-order valence-electron chi connectivity index (χ1n) is 9.79. The molecule has 4 amide bonds. The lowest BCUT2D eigenvalue weighted by Gasteiger charge is -2.44. The SMILES string of the molecule is O=C1CCC2(CCC(=O)N(Cc3ccccc3)C2=O)C(=O)N1Cc1ccccc1. The van der Waals surface area contributed by atoms with E-state index in [0.29, 0.717) is 0 Å². The molecule has 0 atom stereocenters. The standard InChI is InChI=1S/C23H22N2O4/c26-19-11-13-23(21(28)24(19)15-17-7-3-1-4-8-17)14-12-20(27)25(22(23)29)16-18-9-5-2-6-10-18/h1-10H,11-16H2. The maximum Gasteiger partial charge on any atom is 0.245 e. The van der Waals surface area contributed by atoms with Gasteiger partial charge in [-0.05, 0) is 24.0 Å². The van der Waals surface area contributed by atoms with Crippen molar-refractivity contribution in [1.82, 2.24) is 9.80 Å². The third-order valence-electron chi connectivity index (χ3n) is 5.81. The first kappa shape index (κ1) is 19.1. The molecule has 0 unspecified atom stereocenters. The van der Waals surface area contributed by atoms with Crippen molar-refractivity contribution in [2.75, 3.05) is 0 Å². The highest BCUT2D eigenvalue weighted by Gasteiger charge is 2.56. The van der Waals surface area contributed by atoms with E-state index in [4.69, 9.17) is 0 Å². The number of hydrogen-bond acceptors (Lipinski definition) is 4. The fraction of sp³-hybridized carbons (Fsp3) is 0.304. The minimum absolute atomic E-state index is 0.123. The van der Waals surface area contributed by atoms with Gasteiger partial charge in [0.05, 0.1) is 13.1 Å². The zero-order valence-corrected chi connectivity index (χ0v) is 16.0. The first-order chi connectivity index (χ1) is 14.0. The Labute approximate surface area is 169 Å². The van der Waals surface area contributed by atoms with E-state index in [1.54, 1.807) is 0 Å². The van der Waals surface area contributed by atoms with Crippen molar-refractivity contribution in [3.63, 3.8) is 0 Å². The Balaban J connectivity index is 1.61. The molecule has 0 N–H and O–H groups in total. The van der Waals surface area contributed by atoms with E-state index in [1.807, 2.05) is 60.7 Å². The number of imide groups is 2. The number of amides is 4. The van der Waals surface area contributed by atoms with Gasteiger partial charge in [0.15, 0.2) is 0 Å². The predicted octanol–water partition coefficient (Wildman–Crippen LogP) is 2.67. The minimum atomic E-state index is -1.33. The van der Waals surface area contributed by atoms with Crippen LogP contribution in [0.1, 0.15) is 36.8 Å². The third kappa shape index (κ3) is 3.46. The predicted molar refractivity (Wildman–Crippen MR) is 105 cm³/mol. The van der Waals surface area contributed by atoms with E-state index in [2.05, 4.69) is 0 Å². The summed E-state index contributed by atoms with van der Waals surface area (Å²) in [6, 6.07) is 18.5. The number of carbonyl (C=O) groups excluding carboxylic acids is 4. The van der Waals surface area contributed by atoms with E-state index in [1.165, 1.54) is 9.80 Å². The maximum atomic E-state index is 13.4. The second-order valence-electron chi connectivity index (χ2n) is 7.62. The van der Waals surface area contributed by atoms with Crippen LogP contribution in [0.3, 0.4) is 0 Å². The summed E-state index contributed by atoms with van der Waals surface area (Å²) in [4.78, 5) is 54.1. The fourth-order valence-corrected chi connectivity index (χ4v) is 4.15. The number of hydrogen-bond donors (Lipinski definition) is 0. The molecule has 2 heterocycles. The van der Waals surface area contributed by atoms with Crippen molar-refractivity contribution >= 4 is 23.6 Å². The molecule has 4 rings (SSSR count). The summed E-state index contributed by atoms with van der Waals surface area (Å²) in [7, 11) is 0. The lowest BCUT2D eigenvalue weighted by molar-refractivity contribution is -0.172. The van der Waals surface area contributed by atoms with Gasteiger partial charge in [0.25, 0.3) is 0 Å². The van der Waals surface area contributed by atoms with Crippen molar-refractivity contribution < 1.29 is 19.2 Å². The Morgan fingerprint density at radius 1 is 0.621 bits per heavy atom. The van der Waals surface area contributed by atoms with Gasteiger partial charge in [-0.2, -0.15) is 0 Å². The minimum Gasteiger partial charge on any atom is -0.277 e. The highest BCUT2D eigenvalue weighted by molar-refractivity contribution is 6.16. The van der Waals surface area contributed by atoms with E-state index in [9.17, 15) is 19.2 Å². The lowest BCUT2D eigenvalue weighted by atomic mass is 9.71. The fourth-order valence-electron chi connectivity index (χ4n) is 4.15. The molecule has 6 nitrogen and oxygen atoms in total. The number of likely N-dealkylation sites (tertiary alicyclic amines) is 2. The zero-order valence-electron chi connectivity index (χ0n) is 16.0. The van der Waals surface area contributed by atoms with Crippen molar-refractivity contribution in [1.29, 1.82) is 0 Å². The molecule has 0 bridgehead atoms. The molecule has 2 aromatic carbocycles. The Hall–Kier alpha value is -3.28. The van der Waals surface area contributed by atoms with Gasteiger partial charge in [0.1, 0.15) is 5.41 Å². The van der Waals surface area contributed by atoms with Crippen LogP contribution < -0.4 is 0 Å². The van der Waals surface area contributed by atoms with Crippen molar-refractivity contribution in [2.24, 2.45) is 5.41 Å². The molecule has 2 aliphatic heterocycles. The highest BCUT2D eigenvalue weighted by Crippen LogP contribution is 2.42. The number of carbonyl (C=O) groups is 4. The monoisotopic (exact) mass is 390 g/mol. The van der Waals surface area contributed by atoms with Crippen LogP contribution in [-0.2, 0) is 32.3 Å². The van der Waals surface area contributed by atoms with Gasteiger partial charge in [-0.25, -0.2) is 0 Å². The Morgan fingerprint density at radius 2 is 1.00 bits per heavy atom. The molecular weight excluding hydrogens is 368 g/mol. The average molecular weight is 390 g/mol. The van der Waals surface area contributed by atoms with Crippen molar-refractivity contribution in [2.45, 2.75) is 38.8 Å². The van der Waals surface area contributed by atoms with Crippen LogP contribution in [-0.4, -0.2) is 33.4 Å². The normalized spacial score (nSPS) is 19.2. The van der Waals surface area contributed by atoms with Gasteiger partial charge in [-0.3, -0.25) is 29.0 Å². The molecule has 2 saturated heterocycles. The van der Waals surface area contributed by atoms with E-state index >= 15 is 0 Å². The Bertz CT molecular complexity index is 876. The zero-order chi connectivity index (χ0) is 20.4. The van der Waals surface area contributed by atoms with Crippen molar-refractivity contribution in [3.8, 4) is 0 Å². The van der Waals surface area contributed by atoms with Crippen LogP contribution in [0.2, 0.25) is 0 Å². The van der Waals surface area contributed by atoms with Crippen LogP contribution in [0.4, 0.5) is 0 Å². The summed E-state index contributed by atoms with van der Waals surface area (Å²) < 4.78 is 0. The number of piperidine rings is 2. The summed E-state index contributed by atoms with van der Waals surface area (Å²) in [6.45, 7) is 0.278. The summed E-state index contributed by atoms with van der Waals surface area (Å²) in [6.07, 6.45) is 0.566. The number of benzene rings is 2. The lowest BCUT2D eigenvalue weighted by Crippen LogP contribution is -2.61. The highest BCUT2D eigenvalue weighted by atomic mass is 16.2. The van der Waals surface area contributed by atoms with Gasteiger partial charge < -0.3 is 0 Å². The molecule has 6 heteroatoms. The van der Waals surface area contributed by atoms with Crippen molar-refractivity contribution in [3.05, 3.63) is 71.8 Å². The summed E-state index contributed by atoms with van der Waals surface area (Å²) in [5.74, 6) is -1.51. The number of nitrogens with zero attached hydrogens (tertiary/aromatic N) is 2. The quantitative estimate of drug-likeness (QED) is 0.594. The molecule has 0 radical (unpaired) electrons. The topological polar surface area (TPSA) is 74.8 Å². The molecular formula is C23H22N2O4. The Morgan fingerprint density at radius 3 is 1.38 bits per heavy atom. The number of rotatable bonds is 4. The van der Waals surface area contributed by atoms with Crippen LogP contribution in [0.5, 0.6) is 0 Å². The summed E-state index contributed by atoms with van der Waals surface area (Å²) >= 11 is 0. The molecule has 2 fully saturated rings. The molecule has 0 aliphatic carbocycles. The molecule has 2 aliphatic rings. The second-order valence-corrected chi connectivity index (χ2v) is 7.62. The van der Waals surface area contributed by atoms with E-state index in [-0.39, 0.29) is 50.6 Å². The molecule has 0 aromatic heterocycles. The average Bonchev–Trinajstić information content (AvgIpc) is 2.75. The van der Waals surface area contributed by atoms with Crippen LogP contribution in [0, 0.1) is 5.41 Å².